The summed E-state index contributed by atoms with van der Waals surface area (Å²) in [7, 11) is 0. The zero-order chi connectivity index (χ0) is 12.4. The molecule has 1 aliphatic heterocycles. The fourth-order valence-corrected chi connectivity index (χ4v) is 1.74. The van der Waals surface area contributed by atoms with Gasteiger partial charge in [0, 0.05) is 11.4 Å². The van der Waals surface area contributed by atoms with Gasteiger partial charge in [0.25, 0.3) is 0 Å². The van der Waals surface area contributed by atoms with Gasteiger partial charge >= 0.3 is 0 Å². The van der Waals surface area contributed by atoms with E-state index in [4.69, 9.17) is 0 Å². The van der Waals surface area contributed by atoms with E-state index < -0.39 is 0 Å². The number of carbonyl (C=O) groups is 3. The van der Waals surface area contributed by atoms with Crippen LogP contribution in [0.1, 0.15) is 18.9 Å². The summed E-state index contributed by atoms with van der Waals surface area (Å²) in [6.07, 6.45) is 0.194. The molecule has 0 spiro atoms. The first-order valence-corrected chi connectivity index (χ1v) is 5.26. The molecule has 1 aromatic carbocycles. The van der Waals surface area contributed by atoms with Crippen molar-refractivity contribution in [1.82, 2.24) is 0 Å². The molecule has 0 bridgehead atoms. The first-order chi connectivity index (χ1) is 8.04. The quantitative estimate of drug-likeness (QED) is 0.766. The highest BCUT2D eigenvalue weighted by Crippen LogP contribution is 2.25. The van der Waals surface area contributed by atoms with Crippen LogP contribution in [0.3, 0.4) is 0 Å². The lowest BCUT2D eigenvalue weighted by Crippen LogP contribution is -2.14. The van der Waals surface area contributed by atoms with Crippen LogP contribution >= 0.6 is 0 Å². The van der Waals surface area contributed by atoms with Gasteiger partial charge in [-0.2, -0.15) is 0 Å². The van der Waals surface area contributed by atoms with E-state index >= 15 is 0 Å². The van der Waals surface area contributed by atoms with Gasteiger partial charge in [-0.3, -0.25) is 14.4 Å². The van der Waals surface area contributed by atoms with Gasteiger partial charge in [-0.05, 0) is 30.7 Å². The maximum Gasteiger partial charge on any atom is 0.231 e. The summed E-state index contributed by atoms with van der Waals surface area (Å²) in [6, 6.07) is 5.18. The molecule has 0 aromatic heterocycles. The Morgan fingerprint density at radius 3 is 2.88 bits per heavy atom. The van der Waals surface area contributed by atoms with Crippen molar-refractivity contribution < 1.29 is 14.4 Å². The number of hydrogen-bond donors (Lipinski definition) is 2. The van der Waals surface area contributed by atoms with Crippen molar-refractivity contribution in [2.24, 2.45) is 0 Å². The van der Waals surface area contributed by atoms with Crippen LogP contribution in [0, 0.1) is 0 Å². The van der Waals surface area contributed by atoms with E-state index in [0.29, 0.717) is 12.1 Å². The Kier molecular flexibility index (Phi) is 2.91. The zero-order valence-corrected chi connectivity index (χ0v) is 9.37. The zero-order valence-electron chi connectivity index (χ0n) is 9.37. The molecule has 1 aliphatic rings. The number of fused-ring (bicyclic) bond motifs is 1. The molecule has 0 fully saturated rings. The van der Waals surface area contributed by atoms with E-state index in [1.165, 1.54) is 6.92 Å². The molecule has 1 heterocycles. The second-order valence-corrected chi connectivity index (χ2v) is 4.02. The van der Waals surface area contributed by atoms with Gasteiger partial charge in [-0.25, -0.2) is 0 Å². The highest BCUT2D eigenvalue weighted by atomic mass is 16.2. The molecule has 5 nitrogen and oxygen atoms in total. The lowest BCUT2D eigenvalue weighted by molar-refractivity contribution is -0.124. The van der Waals surface area contributed by atoms with Crippen molar-refractivity contribution in [2.45, 2.75) is 19.8 Å². The van der Waals surface area contributed by atoms with Crippen LogP contribution in [0.5, 0.6) is 0 Å². The van der Waals surface area contributed by atoms with Crippen molar-refractivity contribution in [3.05, 3.63) is 23.8 Å². The summed E-state index contributed by atoms with van der Waals surface area (Å²) < 4.78 is 0. The van der Waals surface area contributed by atoms with Crippen LogP contribution in [0.4, 0.5) is 11.4 Å². The second-order valence-electron chi connectivity index (χ2n) is 4.02. The summed E-state index contributed by atoms with van der Waals surface area (Å²) in [5, 5.41) is 5.32. The molecule has 0 aliphatic carbocycles. The average molecular weight is 232 g/mol. The number of nitrogens with one attached hydrogen (secondary N) is 2. The first-order valence-electron chi connectivity index (χ1n) is 5.26. The summed E-state index contributed by atoms with van der Waals surface area (Å²) in [5.74, 6) is -0.567. The smallest absolute Gasteiger partial charge is 0.231 e. The Labute approximate surface area is 98.2 Å². The maximum atomic E-state index is 11.4. The van der Waals surface area contributed by atoms with Crippen LogP contribution in [0.2, 0.25) is 0 Å². The number of rotatable bonds is 3. The van der Waals surface area contributed by atoms with Gasteiger partial charge in [-0.15, -0.1) is 0 Å². The fourth-order valence-electron chi connectivity index (χ4n) is 1.74. The third kappa shape index (κ3) is 2.69. The Balaban J connectivity index is 2.09. The summed E-state index contributed by atoms with van der Waals surface area (Å²) in [5.41, 5.74) is 2.24. The van der Waals surface area contributed by atoms with Gasteiger partial charge < -0.3 is 10.6 Å². The van der Waals surface area contributed by atoms with Gasteiger partial charge in [0.05, 0.1) is 12.8 Å². The van der Waals surface area contributed by atoms with Crippen LogP contribution in [0.25, 0.3) is 0 Å². The molecule has 2 N–H and O–H groups in total. The van der Waals surface area contributed by atoms with E-state index in [-0.39, 0.29) is 24.0 Å². The van der Waals surface area contributed by atoms with Crippen LogP contribution in [0.15, 0.2) is 18.2 Å². The SMILES string of the molecule is CC(=O)CC(=O)Nc1ccc2c(c1)CC(=O)N2. The molecule has 0 saturated carbocycles. The number of carbonyl (C=O) groups excluding carboxylic acids is 3. The molecule has 0 saturated heterocycles. The van der Waals surface area contributed by atoms with Gasteiger partial charge in [0.1, 0.15) is 5.78 Å². The predicted molar refractivity (Wildman–Crippen MR) is 62.7 cm³/mol. The van der Waals surface area contributed by atoms with Gasteiger partial charge in [0.15, 0.2) is 0 Å². The highest BCUT2D eigenvalue weighted by Gasteiger charge is 2.17. The minimum atomic E-state index is -0.338. The molecule has 0 radical (unpaired) electrons. The topological polar surface area (TPSA) is 75.3 Å². The molecule has 2 rings (SSSR count). The Hall–Kier alpha value is -2.17. The summed E-state index contributed by atoms with van der Waals surface area (Å²) in [6.45, 7) is 1.37. The summed E-state index contributed by atoms with van der Waals surface area (Å²) in [4.78, 5) is 33.3. The third-order valence-electron chi connectivity index (χ3n) is 2.42. The first kappa shape index (κ1) is 11.3. The molecule has 88 valence electrons. The Bertz CT molecular complexity index is 508. The molecule has 2 amide bonds. The molecular weight excluding hydrogens is 220 g/mol. The number of benzene rings is 1. The molecule has 0 atom stereocenters. The standard InChI is InChI=1S/C12H12N2O3/c1-7(15)4-11(16)13-9-2-3-10-8(5-9)6-12(17)14-10/h2-3,5H,4,6H2,1H3,(H,13,16)(H,14,17). The van der Waals surface area contributed by atoms with Gasteiger partial charge in [-0.1, -0.05) is 0 Å². The number of ketones is 1. The molecular formula is C12H12N2O3. The van der Waals surface area contributed by atoms with Crippen molar-refractivity contribution in [1.29, 1.82) is 0 Å². The second kappa shape index (κ2) is 4.37. The van der Waals surface area contributed by atoms with Crippen LogP contribution in [-0.2, 0) is 20.8 Å². The minimum absolute atomic E-state index is 0.0489. The van der Waals surface area contributed by atoms with Crippen LogP contribution < -0.4 is 10.6 Å². The Morgan fingerprint density at radius 2 is 2.18 bits per heavy atom. The third-order valence-corrected chi connectivity index (χ3v) is 2.42. The largest absolute Gasteiger partial charge is 0.326 e. The molecule has 5 heteroatoms. The normalized spacial score (nSPS) is 12.9. The van der Waals surface area contributed by atoms with E-state index in [9.17, 15) is 14.4 Å². The maximum absolute atomic E-state index is 11.4. The minimum Gasteiger partial charge on any atom is -0.326 e. The van der Waals surface area contributed by atoms with Crippen molar-refractivity contribution in [2.75, 3.05) is 10.6 Å². The van der Waals surface area contributed by atoms with E-state index in [1.807, 2.05) is 0 Å². The highest BCUT2D eigenvalue weighted by molar-refractivity contribution is 6.04. The monoisotopic (exact) mass is 232 g/mol. The average Bonchev–Trinajstić information content (AvgIpc) is 2.55. The fraction of sp³-hybridized carbons (Fsp3) is 0.250. The number of anilines is 2. The van der Waals surface area contributed by atoms with Crippen molar-refractivity contribution in [3.63, 3.8) is 0 Å². The molecule has 17 heavy (non-hydrogen) atoms. The summed E-state index contributed by atoms with van der Waals surface area (Å²) >= 11 is 0. The Morgan fingerprint density at radius 1 is 1.41 bits per heavy atom. The van der Waals surface area contributed by atoms with E-state index in [1.54, 1.807) is 18.2 Å². The molecule has 0 unspecified atom stereocenters. The molecule has 1 aromatic rings. The number of Topliss-reactive ketones (excluding diaryl/α,β-unsaturated/α-hetero) is 1. The predicted octanol–water partition coefficient (Wildman–Crippen LogP) is 1.10. The van der Waals surface area contributed by atoms with Crippen molar-refractivity contribution in [3.8, 4) is 0 Å². The number of amides is 2. The number of hydrogen-bond acceptors (Lipinski definition) is 3. The van der Waals surface area contributed by atoms with Crippen LogP contribution in [-0.4, -0.2) is 17.6 Å². The van der Waals surface area contributed by atoms with E-state index in [0.717, 1.165) is 11.3 Å². The van der Waals surface area contributed by atoms with Crippen molar-refractivity contribution >= 4 is 29.0 Å². The van der Waals surface area contributed by atoms with E-state index in [2.05, 4.69) is 10.6 Å². The van der Waals surface area contributed by atoms with Gasteiger partial charge in [0.2, 0.25) is 11.8 Å². The lowest BCUT2D eigenvalue weighted by atomic mass is 10.1. The lowest BCUT2D eigenvalue weighted by Gasteiger charge is -2.05.